The predicted molar refractivity (Wildman–Crippen MR) is 103 cm³/mol. The Hall–Kier alpha value is -3.69. The molecule has 0 unspecified atom stereocenters. The number of halogens is 3. The zero-order valence-electron chi connectivity index (χ0n) is 15.3. The summed E-state index contributed by atoms with van der Waals surface area (Å²) in [6.07, 6.45) is -1.39. The predicted octanol–water partition coefficient (Wildman–Crippen LogP) is 3.43. The van der Waals surface area contributed by atoms with Gasteiger partial charge >= 0.3 is 6.18 Å². The Bertz CT molecular complexity index is 1210. The number of benzene rings is 1. The molecule has 0 saturated carbocycles. The van der Waals surface area contributed by atoms with Crippen LogP contribution in [0.3, 0.4) is 0 Å². The number of imidazole rings is 1. The van der Waals surface area contributed by atoms with Gasteiger partial charge in [0.05, 0.1) is 24.1 Å². The number of rotatable bonds is 3. The Morgan fingerprint density at radius 3 is 2.55 bits per heavy atom. The number of aryl methyl sites for hydroxylation is 1. The third-order valence-electron chi connectivity index (χ3n) is 4.42. The Morgan fingerprint density at radius 2 is 1.83 bits per heavy atom. The number of fused-ring (bicyclic) bond motifs is 1. The highest BCUT2D eigenvalue weighted by molar-refractivity contribution is 5.87. The molecule has 4 aromatic rings. The van der Waals surface area contributed by atoms with Crippen molar-refractivity contribution >= 4 is 22.8 Å². The van der Waals surface area contributed by atoms with Crippen LogP contribution < -0.4 is 11.5 Å². The maximum absolute atomic E-state index is 13.1. The van der Waals surface area contributed by atoms with E-state index in [4.69, 9.17) is 11.5 Å². The molecule has 3 aromatic heterocycles. The van der Waals surface area contributed by atoms with Gasteiger partial charge in [0.25, 0.3) is 0 Å². The summed E-state index contributed by atoms with van der Waals surface area (Å²) in [5.41, 5.74) is 13.4. The molecule has 3 heterocycles. The van der Waals surface area contributed by atoms with Crippen molar-refractivity contribution in [3.63, 3.8) is 0 Å². The Labute approximate surface area is 163 Å². The van der Waals surface area contributed by atoms with Crippen LogP contribution >= 0.6 is 0 Å². The molecule has 4 N–H and O–H groups in total. The first kappa shape index (κ1) is 18.7. The molecule has 0 amide bonds. The molecule has 148 valence electrons. The summed E-state index contributed by atoms with van der Waals surface area (Å²) in [5.74, 6) is 0.0193. The van der Waals surface area contributed by atoms with E-state index in [-0.39, 0.29) is 18.2 Å². The molecule has 0 aliphatic carbocycles. The summed E-state index contributed by atoms with van der Waals surface area (Å²) in [6, 6.07) is 7.49. The molecule has 0 radical (unpaired) electrons. The number of hydrogen-bond acceptors (Lipinski definition) is 6. The van der Waals surface area contributed by atoms with Crippen LogP contribution in [-0.2, 0) is 12.7 Å². The summed E-state index contributed by atoms with van der Waals surface area (Å²) in [6.45, 7) is 2.03. The average molecular weight is 399 g/mol. The van der Waals surface area contributed by atoms with Crippen molar-refractivity contribution < 1.29 is 13.2 Å². The van der Waals surface area contributed by atoms with Gasteiger partial charge in [-0.3, -0.25) is 4.98 Å². The minimum absolute atomic E-state index is 0.0193. The van der Waals surface area contributed by atoms with Crippen molar-refractivity contribution in [3.8, 4) is 11.4 Å². The highest BCUT2D eigenvalue weighted by atomic mass is 19.4. The summed E-state index contributed by atoms with van der Waals surface area (Å²) >= 11 is 0. The number of nitrogens with zero attached hydrogens (tertiary/aromatic N) is 5. The maximum atomic E-state index is 13.1. The fraction of sp³-hybridized carbons (Fsp3) is 0.158. The van der Waals surface area contributed by atoms with Gasteiger partial charge in [-0.05, 0) is 42.3 Å². The maximum Gasteiger partial charge on any atom is 0.418 e. The topological polar surface area (TPSA) is 109 Å². The van der Waals surface area contributed by atoms with Crippen LogP contribution in [0.2, 0.25) is 0 Å². The summed E-state index contributed by atoms with van der Waals surface area (Å²) < 4.78 is 41.0. The van der Waals surface area contributed by atoms with Crippen LogP contribution in [-0.4, -0.2) is 24.5 Å². The molecule has 10 heteroatoms. The molecule has 1 aromatic carbocycles. The van der Waals surface area contributed by atoms with Crippen LogP contribution in [0, 0.1) is 6.92 Å². The number of nitrogens with two attached hydrogens (primary N) is 2. The smallest absolute Gasteiger partial charge is 0.398 e. The molecular formula is C19H16F3N7. The van der Waals surface area contributed by atoms with Crippen LogP contribution in [0.15, 0.2) is 42.9 Å². The van der Waals surface area contributed by atoms with Gasteiger partial charge in [0.15, 0.2) is 5.65 Å². The molecule has 0 bridgehead atoms. The lowest BCUT2D eigenvalue weighted by Crippen LogP contribution is -2.10. The van der Waals surface area contributed by atoms with Gasteiger partial charge in [0.2, 0.25) is 5.95 Å². The third kappa shape index (κ3) is 3.56. The van der Waals surface area contributed by atoms with E-state index < -0.39 is 11.7 Å². The third-order valence-corrected chi connectivity index (χ3v) is 4.42. The Kier molecular flexibility index (Phi) is 4.33. The molecule has 0 fully saturated rings. The second-order valence-electron chi connectivity index (χ2n) is 6.61. The Morgan fingerprint density at radius 1 is 1.03 bits per heavy atom. The second-order valence-corrected chi connectivity index (χ2v) is 6.61. The molecule has 0 atom stereocenters. The number of anilines is 2. The van der Waals surface area contributed by atoms with E-state index in [2.05, 4.69) is 19.9 Å². The fourth-order valence-corrected chi connectivity index (χ4v) is 3.07. The fourth-order valence-electron chi connectivity index (χ4n) is 3.07. The standard InChI is InChI=1S/C19H16F3N7/c1-10-4-5-25-14(6-10)15-16-17(28-18(24)27-15)29(9-26-16)8-11-2-3-13(23)12(7-11)19(20,21)22/h2-7,9H,8,23H2,1H3,(H2,24,27,28). The lowest BCUT2D eigenvalue weighted by molar-refractivity contribution is -0.136. The molecule has 0 aliphatic heterocycles. The molecular weight excluding hydrogens is 383 g/mol. The van der Waals surface area contributed by atoms with E-state index in [0.717, 1.165) is 11.6 Å². The Balaban J connectivity index is 1.79. The summed E-state index contributed by atoms with van der Waals surface area (Å²) in [4.78, 5) is 17.1. The lowest BCUT2D eigenvalue weighted by atomic mass is 10.1. The minimum atomic E-state index is -4.53. The van der Waals surface area contributed by atoms with E-state index in [1.807, 2.05) is 19.1 Å². The van der Waals surface area contributed by atoms with Crippen molar-refractivity contribution in [2.75, 3.05) is 11.5 Å². The first-order chi connectivity index (χ1) is 13.7. The summed E-state index contributed by atoms with van der Waals surface area (Å²) in [7, 11) is 0. The van der Waals surface area contributed by atoms with Gasteiger partial charge in [-0.25, -0.2) is 9.97 Å². The van der Waals surface area contributed by atoms with Gasteiger partial charge in [-0.1, -0.05) is 6.07 Å². The van der Waals surface area contributed by atoms with Crippen molar-refractivity contribution in [2.45, 2.75) is 19.6 Å². The number of hydrogen-bond donors (Lipinski definition) is 2. The van der Waals surface area contributed by atoms with Crippen molar-refractivity contribution in [3.05, 3.63) is 59.5 Å². The van der Waals surface area contributed by atoms with Crippen LogP contribution in [0.4, 0.5) is 24.8 Å². The summed E-state index contributed by atoms with van der Waals surface area (Å²) in [5, 5.41) is 0. The van der Waals surface area contributed by atoms with E-state index >= 15 is 0 Å². The van der Waals surface area contributed by atoms with Crippen LogP contribution in [0.25, 0.3) is 22.6 Å². The minimum Gasteiger partial charge on any atom is -0.398 e. The molecule has 0 spiro atoms. The lowest BCUT2D eigenvalue weighted by Gasteiger charge is -2.12. The van der Waals surface area contributed by atoms with Gasteiger partial charge in [0, 0.05) is 11.9 Å². The van der Waals surface area contributed by atoms with Crippen LogP contribution in [0.5, 0.6) is 0 Å². The molecule has 29 heavy (non-hydrogen) atoms. The average Bonchev–Trinajstić information content (AvgIpc) is 3.04. The van der Waals surface area contributed by atoms with E-state index in [1.54, 1.807) is 10.8 Å². The van der Waals surface area contributed by atoms with Gasteiger partial charge in [-0.15, -0.1) is 0 Å². The van der Waals surface area contributed by atoms with Crippen molar-refractivity contribution in [1.29, 1.82) is 0 Å². The first-order valence-corrected chi connectivity index (χ1v) is 8.59. The molecule has 7 nitrogen and oxygen atoms in total. The zero-order chi connectivity index (χ0) is 20.8. The van der Waals surface area contributed by atoms with Gasteiger partial charge < -0.3 is 16.0 Å². The van der Waals surface area contributed by atoms with Crippen LogP contribution in [0.1, 0.15) is 16.7 Å². The number of aromatic nitrogens is 5. The second kappa shape index (κ2) is 6.73. The largest absolute Gasteiger partial charge is 0.418 e. The normalized spacial score (nSPS) is 11.9. The number of nitrogen functional groups attached to an aromatic ring is 2. The van der Waals surface area contributed by atoms with Crippen molar-refractivity contribution in [2.24, 2.45) is 0 Å². The number of pyridine rings is 1. The SMILES string of the molecule is Cc1ccnc(-c2nc(N)nc3c2ncn3Cc2ccc(N)c(C(F)(F)F)c2)c1. The van der Waals surface area contributed by atoms with E-state index in [9.17, 15) is 13.2 Å². The molecule has 0 saturated heterocycles. The molecule has 4 rings (SSSR count). The van der Waals surface area contributed by atoms with E-state index in [1.165, 1.54) is 18.5 Å². The zero-order valence-corrected chi connectivity index (χ0v) is 15.3. The highest BCUT2D eigenvalue weighted by Crippen LogP contribution is 2.34. The quantitative estimate of drug-likeness (QED) is 0.511. The van der Waals surface area contributed by atoms with Gasteiger partial charge in [0.1, 0.15) is 11.2 Å². The highest BCUT2D eigenvalue weighted by Gasteiger charge is 2.33. The van der Waals surface area contributed by atoms with Crippen molar-refractivity contribution in [1.82, 2.24) is 24.5 Å². The van der Waals surface area contributed by atoms with E-state index in [0.29, 0.717) is 28.1 Å². The van der Waals surface area contributed by atoms with Gasteiger partial charge in [-0.2, -0.15) is 18.2 Å². The number of alkyl halides is 3. The monoisotopic (exact) mass is 399 g/mol. The first-order valence-electron chi connectivity index (χ1n) is 8.59. The molecule has 0 aliphatic rings.